The van der Waals surface area contributed by atoms with Crippen LogP contribution in [0.3, 0.4) is 0 Å². The zero-order valence-corrected chi connectivity index (χ0v) is 15.8. The molecule has 0 saturated heterocycles. The molecule has 26 heavy (non-hydrogen) atoms. The number of hydroxylamine groups is 1. The summed E-state index contributed by atoms with van der Waals surface area (Å²) in [4.78, 5) is 16.8. The van der Waals surface area contributed by atoms with Crippen LogP contribution in [0.1, 0.15) is 18.4 Å². The Morgan fingerprint density at radius 2 is 1.73 bits per heavy atom. The van der Waals surface area contributed by atoms with E-state index in [0.717, 1.165) is 10.0 Å². The van der Waals surface area contributed by atoms with Gasteiger partial charge < -0.3 is 10.6 Å². The molecule has 0 bridgehead atoms. The lowest BCUT2D eigenvalue weighted by Gasteiger charge is -2.15. The molecule has 0 saturated carbocycles. The minimum atomic E-state index is -3.70. The van der Waals surface area contributed by atoms with Gasteiger partial charge >= 0.3 is 6.03 Å². The zero-order chi connectivity index (χ0) is 19.2. The molecule has 0 aliphatic rings. The first kappa shape index (κ1) is 19.9. The Labute approximate surface area is 154 Å². The van der Waals surface area contributed by atoms with E-state index >= 15 is 0 Å². The number of benzene rings is 2. The van der Waals surface area contributed by atoms with Crippen LogP contribution in [-0.2, 0) is 14.9 Å². The summed E-state index contributed by atoms with van der Waals surface area (Å²) < 4.78 is 25.0. The number of urea groups is 1. The lowest BCUT2D eigenvalue weighted by atomic mass is 10.0. The molecule has 1 atom stereocenters. The van der Waals surface area contributed by atoms with Gasteiger partial charge in [0.05, 0.1) is 12.0 Å². The molecular weight excluding hydrogens is 354 g/mol. The van der Waals surface area contributed by atoms with Gasteiger partial charge in [0.15, 0.2) is 0 Å². The fourth-order valence-electron chi connectivity index (χ4n) is 2.28. The Kier molecular flexibility index (Phi) is 6.73. The number of carbonyl (C=O) groups excluding carboxylic acids is 1. The summed E-state index contributed by atoms with van der Waals surface area (Å²) in [7, 11) is -1.12. The highest BCUT2D eigenvalue weighted by Gasteiger charge is 2.20. The van der Waals surface area contributed by atoms with E-state index in [1.807, 2.05) is 37.3 Å². The number of sulfonamides is 1. The number of anilines is 1. The Hall–Kier alpha value is -2.42. The smallest absolute Gasteiger partial charge is 0.319 e. The van der Waals surface area contributed by atoms with Crippen molar-refractivity contribution in [1.29, 1.82) is 0 Å². The molecule has 0 unspecified atom stereocenters. The van der Waals surface area contributed by atoms with Crippen LogP contribution in [-0.4, -0.2) is 39.6 Å². The maximum Gasteiger partial charge on any atom is 0.319 e. The maximum absolute atomic E-state index is 12.1. The third-order valence-electron chi connectivity index (χ3n) is 3.94. The molecule has 2 N–H and O–H groups in total. The molecule has 0 aromatic heterocycles. The molecule has 0 spiro atoms. The summed E-state index contributed by atoms with van der Waals surface area (Å²) in [5.74, 6) is 0.180. The number of nitrogens with zero attached hydrogens (tertiary/aromatic N) is 1. The molecule has 8 heteroatoms. The van der Waals surface area contributed by atoms with Gasteiger partial charge in [-0.1, -0.05) is 41.7 Å². The van der Waals surface area contributed by atoms with Crippen LogP contribution in [0.5, 0.6) is 0 Å². The number of carbonyl (C=O) groups is 1. The number of hydrogen-bond acceptors (Lipinski definition) is 4. The van der Waals surface area contributed by atoms with Crippen LogP contribution in [0.15, 0.2) is 59.5 Å². The van der Waals surface area contributed by atoms with Crippen LogP contribution in [0.25, 0.3) is 0 Å². The van der Waals surface area contributed by atoms with Crippen LogP contribution < -0.4 is 10.6 Å². The van der Waals surface area contributed by atoms with Crippen LogP contribution in [0.4, 0.5) is 10.5 Å². The van der Waals surface area contributed by atoms with Crippen molar-refractivity contribution in [2.24, 2.45) is 0 Å². The molecule has 0 aliphatic heterocycles. The maximum atomic E-state index is 12.1. The minimum Gasteiger partial charge on any atom is -0.337 e. The molecule has 0 radical (unpaired) electrons. The second-order valence-corrected chi connectivity index (χ2v) is 7.70. The number of hydrogen-bond donors (Lipinski definition) is 2. The van der Waals surface area contributed by atoms with Crippen molar-refractivity contribution >= 4 is 21.7 Å². The first-order valence-corrected chi connectivity index (χ1v) is 9.51. The third-order valence-corrected chi connectivity index (χ3v) is 5.64. The van der Waals surface area contributed by atoms with Crippen LogP contribution in [0, 0.1) is 0 Å². The molecule has 2 amide bonds. The summed E-state index contributed by atoms with van der Waals surface area (Å²) >= 11 is 0. The molecule has 2 aromatic carbocycles. The number of nitrogens with one attached hydrogen (secondary N) is 2. The van der Waals surface area contributed by atoms with E-state index in [1.54, 1.807) is 0 Å². The molecule has 0 fully saturated rings. The highest BCUT2D eigenvalue weighted by atomic mass is 32.2. The monoisotopic (exact) mass is 377 g/mol. The average Bonchev–Trinajstić information content (AvgIpc) is 2.66. The van der Waals surface area contributed by atoms with E-state index < -0.39 is 10.0 Å². The Balaban J connectivity index is 1.91. The predicted molar refractivity (Wildman–Crippen MR) is 100 cm³/mol. The Morgan fingerprint density at radius 3 is 2.31 bits per heavy atom. The average molecular weight is 377 g/mol. The highest BCUT2D eigenvalue weighted by Crippen LogP contribution is 2.17. The zero-order valence-electron chi connectivity index (χ0n) is 15.0. The van der Waals surface area contributed by atoms with Gasteiger partial charge in [0, 0.05) is 19.3 Å². The van der Waals surface area contributed by atoms with E-state index in [-0.39, 0.29) is 16.8 Å². The summed E-state index contributed by atoms with van der Waals surface area (Å²) in [6, 6.07) is 15.4. The summed E-state index contributed by atoms with van der Waals surface area (Å²) in [6.45, 7) is 2.52. The van der Waals surface area contributed by atoms with Crippen molar-refractivity contribution < 1.29 is 18.0 Å². The lowest BCUT2D eigenvalue weighted by molar-refractivity contribution is -0.0258. The Bertz CT molecular complexity index is 823. The van der Waals surface area contributed by atoms with Crippen molar-refractivity contribution in [3.8, 4) is 0 Å². The molecule has 0 heterocycles. The first-order chi connectivity index (χ1) is 12.3. The second kappa shape index (κ2) is 8.79. The standard InChI is InChI=1S/C18H23N3O4S/c1-14(15-7-5-4-6-8-15)13-19-18(22)20-16-9-11-17(12-10-16)26(23,24)21(2)25-3/h4-12,14H,13H2,1-3H3,(H2,19,20,22)/t14-/m0/s1. The third kappa shape index (κ3) is 5.04. The molecule has 2 rings (SSSR count). The quantitative estimate of drug-likeness (QED) is 0.727. The van der Waals surface area contributed by atoms with E-state index in [9.17, 15) is 13.2 Å². The minimum absolute atomic E-state index is 0.0745. The van der Waals surface area contributed by atoms with E-state index in [2.05, 4.69) is 10.6 Å². The van der Waals surface area contributed by atoms with Crippen molar-refractivity contribution in [2.75, 3.05) is 26.0 Å². The predicted octanol–water partition coefficient (Wildman–Crippen LogP) is 2.79. The van der Waals surface area contributed by atoms with Crippen molar-refractivity contribution in [3.05, 3.63) is 60.2 Å². The van der Waals surface area contributed by atoms with E-state index in [4.69, 9.17) is 4.84 Å². The number of amides is 2. The second-order valence-electron chi connectivity index (χ2n) is 5.77. The summed E-state index contributed by atoms with van der Waals surface area (Å²) in [5, 5.41) is 5.49. The van der Waals surface area contributed by atoms with Gasteiger partial charge in [-0.25, -0.2) is 13.2 Å². The van der Waals surface area contributed by atoms with Gasteiger partial charge in [0.1, 0.15) is 0 Å². The molecule has 0 aliphatic carbocycles. The summed E-state index contributed by atoms with van der Waals surface area (Å²) in [6.07, 6.45) is 0. The van der Waals surface area contributed by atoms with Gasteiger partial charge in [0.25, 0.3) is 10.0 Å². The first-order valence-electron chi connectivity index (χ1n) is 8.07. The van der Waals surface area contributed by atoms with Crippen molar-refractivity contribution in [3.63, 3.8) is 0 Å². The van der Waals surface area contributed by atoms with Crippen molar-refractivity contribution in [2.45, 2.75) is 17.7 Å². The van der Waals surface area contributed by atoms with Gasteiger partial charge in [-0.2, -0.15) is 0 Å². The SMILES string of the molecule is CON(C)S(=O)(=O)c1ccc(NC(=O)NC[C@H](C)c2ccccc2)cc1. The van der Waals surface area contributed by atoms with Gasteiger partial charge in [-0.15, -0.1) is 0 Å². The fraction of sp³-hybridized carbons (Fsp3) is 0.278. The van der Waals surface area contributed by atoms with Crippen LogP contribution in [0.2, 0.25) is 0 Å². The molecular formula is C18H23N3O4S. The highest BCUT2D eigenvalue weighted by molar-refractivity contribution is 7.89. The van der Waals surface area contributed by atoms with E-state index in [0.29, 0.717) is 12.2 Å². The molecule has 7 nitrogen and oxygen atoms in total. The Morgan fingerprint density at radius 1 is 1.12 bits per heavy atom. The van der Waals surface area contributed by atoms with Gasteiger partial charge in [-0.05, 0) is 35.7 Å². The van der Waals surface area contributed by atoms with Gasteiger partial charge in [-0.3, -0.25) is 4.84 Å². The van der Waals surface area contributed by atoms with Gasteiger partial charge in [0.2, 0.25) is 0 Å². The topological polar surface area (TPSA) is 87.7 Å². The number of rotatable bonds is 7. The van der Waals surface area contributed by atoms with Crippen LogP contribution >= 0.6 is 0 Å². The van der Waals surface area contributed by atoms with Crippen molar-refractivity contribution in [1.82, 2.24) is 9.79 Å². The lowest BCUT2D eigenvalue weighted by Crippen LogP contribution is -2.31. The summed E-state index contributed by atoms with van der Waals surface area (Å²) in [5.41, 5.74) is 1.64. The molecule has 140 valence electrons. The molecule has 2 aromatic rings. The normalized spacial score (nSPS) is 12.6. The largest absolute Gasteiger partial charge is 0.337 e. The van der Waals surface area contributed by atoms with E-state index in [1.165, 1.54) is 38.4 Å². The fourth-order valence-corrected chi connectivity index (χ4v) is 3.25.